The van der Waals surface area contributed by atoms with E-state index in [2.05, 4.69) is 0 Å². The fraction of sp³-hybridized carbons (Fsp3) is 0.455. The first kappa shape index (κ1) is 11.5. The minimum Gasteiger partial charge on any atom is -0.328 e. The summed E-state index contributed by atoms with van der Waals surface area (Å²) in [6.45, 7) is 1.82. The highest BCUT2D eigenvalue weighted by Crippen LogP contribution is 2.37. The third-order valence-corrected chi connectivity index (χ3v) is 4.71. The van der Waals surface area contributed by atoms with Crippen LogP contribution in [0, 0.1) is 5.82 Å². The molecule has 1 aliphatic rings. The third-order valence-electron chi connectivity index (χ3n) is 2.82. The van der Waals surface area contributed by atoms with Gasteiger partial charge in [0.2, 0.25) is 0 Å². The summed E-state index contributed by atoms with van der Waals surface area (Å²) in [5, 5.41) is 0. The van der Waals surface area contributed by atoms with Crippen molar-refractivity contribution in [2.24, 2.45) is 5.73 Å². The van der Waals surface area contributed by atoms with Crippen molar-refractivity contribution in [3.8, 4) is 0 Å². The van der Waals surface area contributed by atoms with E-state index in [0.29, 0.717) is 12.0 Å². The van der Waals surface area contributed by atoms with Crippen LogP contribution in [0.5, 0.6) is 0 Å². The van der Waals surface area contributed by atoms with Gasteiger partial charge in [0.25, 0.3) is 0 Å². The van der Waals surface area contributed by atoms with Crippen LogP contribution < -0.4 is 5.73 Å². The van der Waals surface area contributed by atoms with Crippen molar-refractivity contribution in [2.45, 2.75) is 30.2 Å². The normalized spacial score (nSPS) is 24.1. The molecule has 0 aliphatic carbocycles. The number of nitrogens with two attached hydrogens (primary N) is 1. The van der Waals surface area contributed by atoms with E-state index in [0.717, 1.165) is 0 Å². The maximum Gasteiger partial charge on any atom is 0.179 e. The van der Waals surface area contributed by atoms with Gasteiger partial charge < -0.3 is 5.73 Å². The van der Waals surface area contributed by atoms with Crippen molar-refractivity contribution in [3.05, 3.63) is 29.6 Å². The molecule has 2 rings (SSSR count). The van der Waals surface area contributed by atoms with Crippen molar-refractivity contribution < 1.29 is 12.8 Å². The molecule has 3 nitrogen and oxygen atoms in total. The van der Waals surface area contributed by atoms with Crippen LogP contribution in [0.4, 0.5) is 4.39 Å². The molecule has 0 fully saturated rings. The number of rotatable bonds is 2. The number of hydrogen-bond donors (Lipinski definition) is 1. The Labute approximate surface area is 94.4 Å². The van der Waals surface area contributed by atoms with Crippen molar-refractivity contribution in [1.29, 1.82) is 0 Å². The van der Waals surface area contributed by atoms with Crippen LogP contribution in [-0.2, 0) is 9.84 Å². The van der Waals surface area contributed by atoms with Crippen LogP contribution in [0.15, 0.2) is 23.1 Å². The number of sulfone groups is 1. The first-order valence-electron chi connectivity index (χ1n) is 5.18. The second kappa shape index (κ2) is 3.82. The van der Waals surface area contributed by atoms with E-state index < -0.39 is 15.7 Å². The summed E-state index contributed by atoms with van der Waals surface area (Å²) in [4.78, 5) is 0.263. The van der Waals surface area contributed by atoms with E-state index in [1.807, 2.05) is 6.92 Å². The topological polar surface area (TPSA) is 60.2 Å². The molecular formula is C11H14FNO2S. The standard InChI is InChI=1S/C11H14FNO2S/c1-7(13)4-8-6-16(14,15)11-3-2-9(12)5-10(8)11/h2-3,5,7-8H,4,6,13H2,1H3. The lowest BCUT2D eigenvalue weighted by molar-refractivity contribution is 0.571. The van der Waals surface area contributed by atoms with Gasteiger partial charge in [-0.3, -0.25) is 0 Å². The van der Waals surface area contributed by atoms with Gasteiger partial charge in [-0.1, -0.05) is 0 Å². The summed E-state index contributed by atoms with van der Waals surface area (Å²) >= 11 is 0. The Kier molecular flexibility index (Phi) is 2.75. The minimum absolute atomic E-state index is 0.0489. The highest BCUT2D eigenvalue weighted by Gasteiger charge is 2.35. The first-order valence-corrected chi connectivity index (χ1v) is 6.83. The van der Waals surface area contributed by atoms with Gasteiger partial charge >= 0.3 is 0 Å². The number of halogens is 1. The average Bonchev–Trinajstić information content (AvgIpc) is 2.37. The van der Waals surface area contributed by atoms with E-state index >= 15 is 0 Å². The summed E-state index contributed by atoms with van der Waals surface area (Å²) in [5.74, 6) is -0.519. The molecule has 0 radical (unpaired) electrons. The summed E-state index contributed by atoms with van der Waals surface area (Å²) in [6.07, 6.45) is 0.565. The molecule has 1 aromatic carbocycles. The Bertz CT molecular complexity index is 511. The Morgan fingerprint density at radius 2 is 2.25 bits per heavy atom. The number of fused-ring (bicyclic) bond motifs is 1. The molecule has 2 atom stereocenters. The smallest absolute Gasteiger partial charge is 0.179 e. The molecule has 88 valence electrons. The molecule has 0 saturated carbocycles. The predicted molar refractivity (Wildman–Crippen MR) is 59.5 cm³/mol. The molecule has 16 heavy (non-hydrogen) atoms. The largest absolute Gasteiger partial charge is 0.328 e. The second-order valence-corrected chi connectivity index (χ2v) is 6.38. The number of benzene rings is 1. The summed E-state index contributed by atoms with van der Waals surface area (Å²) in [5.41, 5.74) is 6.25. The zero-order valence-corrected chi connectivity index (χ0v) is 9.80. The lowest BCUT2D eigenvalue weighted by atomic mass is 9.95. The maximum absolute atomic E-state index is 13.1. The van der Waals surface area contributed by atoms with Crippen molar-refractivity contribution in [2.75, 3.05) is 5.75 Å². The fourth-order valence-electron chi connectivity index (χ4n) is 2.21. The second-order valence-electron chi connectivity index (χ2n) is 4.37. The SMILES string of the molecule is CC(N)CC1CS(=O)(=O)c2ccc(F)cc21. The Hall–Kier alpha value is -0.940. The Morgan fingerprint density at radius 3 is 2.88 bits per heavy atom. The minimum atomic E-state index is -3.24. The van der Waals surface area contributed by atoms with Gasteiger partial charge in [0.05, 0.1) is 10.6 Å². The summed E-state index contributed by atoms with van der Waals surface area (Å²) in [6, 6.07) is 3.76. The van der Waals surface area contributed by atoms with E-state index in [-0.39, 0.29) is 22.6 Å². The van der Waals surface area contributed by atoms with Gasteiger partial charge in [0, 0.05) is 12.0 Å². The van der Waals surface area contributed by atoms with Gasteiger partial charge in [-0.25, -0.2) is 12.8 Å². The molecule has 0 bridgehead atoms. The zero-order chi connectivity index (χ0) is 11.9. The highest BCUT2D eigenvalue weighted by atomic mass is 32.2. The molecule has 1 aromatic rings. The number of hydrogen-bond acceptors (Lipinski definition) is 3. The van der Waals surface area contributed by atoms with E-state index in [4.69, 9.17) is 5.73 Å². The molecule has 2 N–H and O–H groups in total. The molecule has 0 spiro atoms. The fourth-order valence-corrected chi connectivity index (χ4v) is 4.09. The molecule has 1 aliphatic heterocycles. The highest BCUT2D eigenvalue weighted by molar-refractivity contribution is 7.91. The van der Waals surface area contributed by atoms with Crippen LogP contribution >= 0.6 is 0 Å². The zero-order valence-electron chi connectivity index (χ0n) is 8.98. The van der Waals surface area contributed by atoms with E-state index in [1.165, 1.54) is 18.2 Å². The monoisotopic (exact) mass is 243 g/mol. The predicted octanol–water partition coefficient (Wildman–Crippen LogP) is 1.43. The van der Waals surface area contributed by atoms with E-state index in [9.17, 15) is 12.8 Å². The van der Waals surface area contributed by atoms with Gasteiger partial charge in [-0.15, -0.1) is 0 Å². The molecule has 5 heteroatoms. The Balaban J connectivity index is 2.48. The van der Waals surface area contributed by atoms with Crippen molar-refractivity contribution in [1.82, 2.24) is 0 Å². The van der Waals surface area contributed by atoms with Crippen molar-refractivity contribution in [3.63, 3.8) is 0 Å². The van der Waals surface area contributed by atoms with Gasteiger partial charge in [-0.2, -0.15) is 0 Å². The maximum atomic E-state index is 13.1. The molecule has 1 heterocycles. The lowest BCUT2D eigenvalue weighted by Crippen LogP contribution is -2.19. The third kappa shape index (κ3) is 1.97. The molecule has 0 saturated heterocycles. The summed E-state index contributed by atoms with van der Waals surface area (Å²) in [7, 11) is -3.24. The summed E-state index contributed by atoms with van der Waals surface area (Å²) < 4.78 is 36.7. The lowest BCUT2D eigenvalue weighted by Gasteiger charge is -2.12. The molecular weight excluding hydrogens is 229 g/mol. The van der Waals surface area contributed by atoms with Gasteiger partial charge in [0.15, 0.2) is 9.84 Å². The molecule has 2 unspecified atom stereocenters. The van der Waals surface area contributed by atoms with E-state index in [1.54, 1.807) is 0 Å². The molecule has 0 aromatic heterocycles. The molecule has 0 amide bonds. The van der Waals surface area contributed by atoms with Crippen LogP contribution in [0.2, 0.25) is 0 Å². The van der Waals surface area contributed by atoms with Crippen molar-refractivity contribution >= 4 is 9.84 Å². The first-order chi connectivity index (χ1) is 7.40. The Morgan fingerprint density at radius 1 is 1.56 bits per heavy atom. The van der Waals surface area contributed by atoms with Crippen LogP contribution in [-0.4, -0.2) is 20.2 Å². The van der Waals surface area contributed by atoms with Gasteiger partial charge in [0.1, 0.15) is 5.82 Å². The van der Waals surface area contributed by atoms with Crippen LogP contribution in [0.25, 0.3) is 0 Å². The van der Waals surface area contributed by atoms with Crippen LogP contribution in [0.1, 0.15) is 24.8 Å². The van der Waals surface area contributed by atoms with Gasteiger partial charge in [-0.05, 0) is 37.1 Å². The quantitative estimate of drug-likeness (QED) is 0.799. The average molecular weight is 243 g/mol. The van der Waals surface area contributed by atoms with Crippen LogP contribution in [0.3, 0.4) is 0 Å².